The Kier molecular flexibility index (Phi) is 8.53. The van der Waals surface area contributed by atoms with Crippen molar-refractivity contribution < 1.29 is 28.2 Å². The number of carbonyl (C=O) groups excluding carboxylic acids is 3. The van der Waals surface area contributed by atoms with Crippen molar-refractivity contribution in [2.24, 2.45) is 0 Å². The van der Waals surface area contributed by atoms with E-state index in [1.807, 2.05) is 26.0 Å². The van der Waals surface area contributed by atoms with Gasteiger partial charge in [-0.2, -0.15) is 0 Å². The molecule has 38 heavy (non-hydrogen) atoms. The highest BCUT2D eigenvalue weighted by Gasteiger charge is 2.35. The largest absolute Gasteiger partial charge is 0.493 e. The molecule has 0 bridgehead atoms. The highest BCUT2D eigenvalue weighted by molar-refractivity contribution is 9.10. The number of rotatable bonds is 8. The number of nitrogens with one attached hydrogen (secondary N) is 1. The van der Waals surface area contributed by atoms with E-state index in [-0.39, 0.29) is 29.5 Å². The van der Waals surface area contributed by atoms with Crippen molar-refractivity contribution in [2.45, 2.75) is 20.4 Å². The minimum absolute atomic E-state index is 0.147. The molecule has 3 aromatic carbocycles. The summed E-state index contributed by atoms with van der Waals surface area (Å²) in [6.45, 7) is 3.56. The molecule has 0 aromatic heterocycles. The number of imide groups is 1. The molecule has 7 nitrogen and oxygen atoms in total. The number of hydrogen-bond donors (Lipinski definition) is 1. The van der Waals surface area contributed by atoms with Gasteiger partial charge in [-0.05, 0) is 94.6 Å². The zero-order valence-electron chi connectivity index (χ0n) is 20.8. The quantitative estimate of drug-likeness (QED) is 0.299. The molecular formula is C28H24BrFN2O5S. The molecule has 4 rings (SSSR count). The Balaban J connectivity index is 1.43. The monoisotopic (exact) mass is 598 g/mol. The van der Waals surface area contributed by atoms with Crippen molar-refractivity contribution in [2.75, 3.05) is 19.0 Å². The second-order valence-electron chi connectivity index (χ2n) is 8.52. The first-order valence-corrected chi connectivity index (χ1v) is 13.1. The van der Waals surface area contributed by atoms with Crippen molar-refractivity contribution in [3.8, 4) is 11.5 Å². The summed E-state index contributed by atoms with van der Waals surface area (Å²) >= 11 is 4.24. The van der Waals surface area contributed by atoms with Gasteiger partial charge in [-0.1, -0.05) is 24.3 Å². The molecular weight excluding hydrogens is 575 g/mol. The molecule has 0 saturated carbocycles. The predicted octanol–water partition coefficient (Wildman–Crippen LogP) is 6.47. The molecule has 0 spiro atoms. The number of carbonyl (C=O) groups is 3. The summed E-state index contributed by atoms with van der Waals surface area (Å²) in [6, 6.07) is 14.8. The molecule has 0 atom stereocenters. The van der Waals surface area contributed by atoms with Crippen LogP contribution < -0.4 is 14.8 Å². The Morgan fingerprint density at radius 3 is 2.55 bits per heavy atom. The lowest BCUT2D eigenvalue weighted by Gasteiger charge is -2.13. The van der Waals surface area contributed by atoms with Crippen LogP contribution in [0.3, 0.4) is 0 Å². The zero-order valence-corrected chi connectivity index (χ0v) is 23.2. The first kappa shape index (κ1) is 27.4. The number of amides is 3. The van der Waals surface area contributed by atoms with E-state index in [2.05, 4.69) is 21.2 Å². The van der Waals surface area contributed by atoms with Gasteiger partial charge >= 0.3 is 0 Å². The van der Waals surface area contributed by atoms with Crippen molar-refractivity contribution in [3.63, 3.8) is 0 Å². The van der Waals surface area contributed by atoms with Crippen LogP contribution in [0.5, 0.6) is 11.5 Å². The maximum atomic E-state index is 14.0. The van der Waals surface area contributed by atoms with Gasteiger partial charge < -0.3 is 14.8 Å². The van der Waals surface area contributed by atoms with Crippen LogP contribution in [-0.4, -0.2) is 35.7 Å². The molecule has 10 heteroatoms. The summed E-state index contributed by atoms with van der Waals surface area (Å²) in [6.07, 6.45) is 1.56. The maximum Gasteiger partial charge on any atom is 0.293 e. The number of thioether (sulfide) groups is 1. The molecule has 0 unspecified atom stereocenters. The van der Waals surface area contributed by atoms with E-state index in [1.54, 1.807) is 36.4 Å². The van der Waals surface area contributed by atoms with E-state index in [0.29, 0.717) is 22.7 Å². The van der Waals surface area contributed by atoms with Gasteiger partial charge in [0.25, 0.3) is 17.1 Å². The fourth-order valence-electron chi connectivity index (χ4n) is 3.68. The van der Waals surface area contributed by atoms with E-state index in [0.717, 1.165) is 32.3 Å². The van der Waals surface area contributed by atoms with Crippen LogP contribution in [0.15, 0.2) is 64.0 Å². The summed E-state index contributed by atoms with van der Waals surface area (Å²) in [5, 5.41) is 2.34. The van der Waals surface area contributed by atoms with Crippen LogP contribution in [0.4, 0.5) is 14.9 Å². The van der Waals surface area contributed by atoms with Crippen LogP contribution in [0, 0.1) is 19.7 Å². The highest BCUT2D eigenvalue weighted by atomic mass is 79.9. The number of hydrogen-bond acceptors (Lipinski definition) is 6. The SMILES string of the molecule is COc1cc(/C=C2\SC(=O)N(Cc3ccccc3F)C2=O)ccc1OCC(=O)Nc1cc(C)c(C)cc1Br. The standard InChI is InChI=1S/C28H24BrFN2O5S/c1-16-10-20(29)22(11-17(16)2)31-26(33)15-37-23-9-8-18(12-24(23)36-3)13-25-27(34)32(28(35)38-25)14-19-6-4-5-7-21(19)30/h4-13H,14-15H2,1-3H3,(H,31,33)/b25-13-. The summed E-state index contributed by atoms with van der Waals surface area (Å²) in [5.74, 6) is -0.636. The van der Waals surface area contributed by atoms with Crippen molar-refractivity contribution in [1.29, 1.82) is 0 Å². The molecule has 1 N–H and O–H groups in total. The van der Waals surface area contributed by atoms with E-state index in [4.69, 9.17) is 9.47 Å². The number of ether oxygens (including phenoxy) is 2. The number of aryl methyl sites for hydroxylation is 2. The molecule has 0 aliphatic carbocycles. The van der Waals surface area contributed by atoms with Crippen molar-refractivity contribution in [1.82, 2.24) is 4.90 Å². The van der Waals surface area contributed by atoms with Crippen LogP contribution >= 0.6 is 27.7 Å². The van der Waals surface area contributed by atoms with Gasteiger partial charge in [-0.3, -0.25) is 19.3 Å². The van der Waals surface area contributed by atoms with Gasteiger partial charge in [0.15, 0.2) is 18.1 Å². The molecule has 1 aliphatic rings. The van der Waals surface area contributed by atoms with Crippen molar-refractivity contribution in [3.05, 3.63) is 92.0 Å². The van der Waals surface area contributed by atoms with Crippen LogP contribution in [0.25, 0.3) is 6.08 Å². The normalized spacial score (nSPS) is 14.2. The predicted molar refractivity (Wildman–Crippen MR) is 149 cm³/mol. The number of nitrogens with zero attached hydrogens (tertiary/aromatic N) is 1. The number of methoxy groups -OCH3 is 1. The second kappa shape index (κ2) is 11.8. The van der Waals surface area contributed by atoms with E-state index in [9.17, 15) is 18.8 Å². The Bertz CT molecular complexity index is 1460. The summed E-state index contributed by atoms with van der Waals surface area (Å²) in [4.78, 5) is 39.0. The topological polar surface area (TPSA) is 84.9 Å². The Morgan fingerprint density at radius 1 is 1.08 bits per heavy atom. The Labute approximate surface area is 232 Å². The van der Waals surface area contributed by atoms with Gasteiger partial charge in [0.05, 0.1) is 24.2 Å². The highest BCUT2D eigenvalue weighted by Crippen LogP contribution is 2.35. The second-order valence-corrected chi connectivity index (χ2v) is 10.4. The minimum Gasteiger partial charge on any atom is -0.493 e. The lowest BCUT2D eigenvalue weighted by Crippen LogP contribution is -2.27. The average Bonchev–Trinajstić information content (AvgIpc) is 3.14. The number of benzene rings is 3. The first-order valence-electron chi connectivity index (χ1n) is 11.5. The van der Waals surface area contributed by atoms with Gasteiger partial charge in [0.2, 0.25) is 0 Å². The lowest BCUT2D eigenvalue weighted by atomic mass is 10.1. The van der Waals surface area contributed by atoms with Crippen LogP contribution in [-0.2, 0) is 16.1 Å². The van der Waals surface area contributed by atoms with E-state index >= 15 is 0 Å². The van der Waals surface area contributed by atoms with Crippen molar-refractivity contribution >= 4 is 56.5 Å². The first-order chi connectivity index (χ1) is 18.2. The molecule has 3 aromatic rings. The van der Waals surface area contributed by atoms with Crippen LogP contribution in [0.1, 0.15) is 22.3 Å². The van der Waals surface area contributed by atoms with Gasteiger partial charge in [0.1, 0.15) is 5.82 Å². The van der Waals surface area contributed by atoms with E-state index in [1.165, 1.54) is 19.2 Å². The molecule has 1 heterocycles. The van der Waals surface area contributed by atoms with Gasteiger partial charge in [0, 0.05) is 10.0 Å². The number of halogens is 2. The fourth-order valence-corrected chi connectivity index (χ4v) is 5.08. The molecule has 3 amide bonds. The van der Waals surface area contributed by atoms with Crippen LogP contribution in [0.2, 0.25) is 0 Å². The Hall–Kier alpha value is -3.63. The third kappa shape index (κ3) is 6.25. The van der Waals surface area contributed by atoms with Gasteiger partial charge in [-0.25, -0.2) is 4.39 Å². The molecule has 0 radical (unpaired) electrons. The lowest BCUT2D eigenvalue weighted by molar-refractivity contribution is -0.123. The number of anilines is 1. The maximum absolute atomic E-state index is 14.0. The Morgan fingerprint density at radius 2 is 1.82 bits per heavy atom. The average molecular weight is 599 g/mol. The molecule has 1 fully saturated rings. The summed E-state index contributed by atoms with van der Waals surface area (Å²) in [7, 11) is 1.46. The third-order valence-corrected chi connectivity index (χ3v) is 7.43. The molecule has 1 aliphatic heterocycles. The molecule has 1 saturated heterocycles. The smallest absolute Gasteiger partial charge is 0.293 e. The molecule has 196 valence electrons. The third-order valence-electron chi connectivity index (χ3n) is 5.86. The summed E-state index contributed by atoms with van der Waals surface area (Å²) < 4.78 is 25.9. The minimum atomic E-state index is -0.503. The summed E-state index contributed by atoms with van der Waals surface area (Å²) in [5.41, 5.74) is 3.65. The van der Waals surface area contributed by atoms with E-state index < -0.39 is 17.0 Å². The zero-order chi connectivity index (χ0) is 27.4. The fraction of sp³-hybridized carbons (Fsp3) is 0.179. The van der Waals surface area contributed by atoms with Gasteiger partial charge in [-0.15, -0.1) is 0 Å².